The quantitative estimate of drug-likeness (QED) is 0.491. The van der Waals surface area contributed by atoms with Crippen LogP contribution in [0.5, 0.6) is 0 Å². The van der Waals surface area contributed by atoms with Gasteiger partial charge in [0.15, 0.2) is 0 Å². The molecule has 2 aromatic rings. The Hall–Kier alpha value is -2.82. The molecule has 2 atom stereocenters. The number of benzene rings is 1. The third-order valence-electron chi connectivity index (χ3n) is 5.63. The molecule has 184 valence electrons. The largest absolute Gasteiger partial charge is 0.481 e. The van der Waals surface area contributed by atoms with Gasteiger partial charge in [0.05, 0.1) is 30.6 Å². The number of carboxylic acids is 1. The van der Waals surface area contributed by atoms with Crippen molar-refractivity contribution in [3.63, 3.8) is 0 Å². The maximum atomic E-state index is 13.7. The zero-order chi connectivity index (χ0) is 25.2. The first-order chi connectivity index (χ1) is 15.9. The number of carboxylic acid groups (broad SMARTS) is 1. The highest BCUT2D eigenvalue weighted by atomic mass is 32.2. The van der Waals surface area contributed by atoms with E-state index in [-0.39, 0.29) is 18.9 Å². The van der Waals surface area contributed by atoms with E-state index < -0.39 is 40.4 Å². The van der Waals surface area contributed by atoms with E-state index in [0.29, 0.717) is 40.2 Å². The average molecular weight is 493 g/mol. The van der Waals surface area contributed by atoms with E-state index in [1.165, 1.54) is 22.5 Å². The number of aliphatic hydroxyl groups is 2. The molecule has 0 saturated heterocycles. The molecule has 1 aliphatic rings. The van der Waals surface area contributed by atoms with E-state index in [2.05, 4.69) is 0 Å². The molecule has 0 spiro atoms. The fourth-order valence-electron chi connectivity index (χ4n) is 4.13. The monoisotopic (exact) mass is 492 g/mol. The normalized spacial score (nSPS) is 15.7. The van der Waals surface area contributed by atoms with E-state index in [0.717, 1.165) is 6.26 Å². The van der Waals surface area contributed by atoms with Crippen LogP contribution >= 0.6 is 0 Å². The Bertz CT molecular complexity index is 1190. The van der Waals surface area contributed by atoms with Gasteiger partial charge in [-0.15, -0.1) is 0 Å². The number of hydrogen-bond donors (Lipinski definition) is 3. The van der Waals surface area contributed by atoms with Crippen LogP contribution in [0.4, 0.5) is 10.2 Å². The number of nitrogens with zero attached hydrogens (tertiary/aromatic N) is 2. The number of halogens is 1. The van der Waals surface area contributed by atoms with Crippen LogP contribution in [0.15, 0.2) is 30.3 Å². The summed E-state index contributed by atoms with van der Waals surface area (Å²) >= 11 is 0. The molecule has 0 aliphatic carbocycles. The zero-order valence-electron chi connectivity index (χ0n) is 19.3. The Labute approximate surface area is 198 Å². The molecular formula is C24H29FN2O6S. The molecule has 2 heterocycles. The summed E-state index contributed by atoms with van der Waals surface area (Å²) in [7, 11) is -3.55. The Morgan fingerprint density at radius 1 is 1.24 bits per heavy atom. The molecule has 1 aromatic carbocycles. The minimum absolute atomic E-state index is 0.110. The zero-order valence-corrected chi connectivity index (χ0v) is 20.1. The smallest absolute Gasteiger partial charge is 0.305 e. The van der Waals surface area contributed by atoms with E-state index >= 15 is 0 Å². The molecule has 0 radical (unpaired) electrons. The molecule has 10 heteroatoms. The van der Waals surface area contributed by atoms with Gasteiger partial charge in [-0.3, -0.25) is 9.10 Å². The minimum Gasteiger partial charge on any atom is -0.481 e. The Kier molecular flexibility index (Phi) is 7.74. The number of rotatable bonds is 9. The van der Waals surface area contributed by atoms with E-state index in [1.807, 2.05) is 13.8 Å². The van der Waals surface area contributed by atoms with Gasteiger partial charge in [0.2, 0.25) is 10.0 Å². The molecule has 0 saturated carbocycles. The highest BCUT2D eigenvalue weighted by Crippen LogP contribution is 2.42. The highest BCUT2D eigenvalue weighted by Gasteiger charge is 2.33. The van der Waals surface area contributed by atoms with Crippen LogP contribution in [-0.2, 0) is 21.2 Å². The Morgan fingerprint density at radius 2 is 1.88 bits per heavy atom. The van der Waals surface area contributed by atoms with Crippen LogP contribution in [0.3, 0.4) is 0 Å². The first-order valence-electron chi connectivity index (χ1n) is 10.9. The van der Waals surface area contributed by atoms with Crippen LogP contribution in [0, 0.1) is 5.82 Å². The number of aliphatic carboxylic acids is 1. The summed E-state index contributed by atoms with van der Waals surface area (Å²) in [4.78, 5) is 15.5. The van der Waals surface area contributed by atoms with Crippen LogP contribution < -0.4 is 4.31 Å². The van der Waals surface area contributed by atoms with Crippen LogP contribution in [0.2, 0.25) is 0 Å². The molecule has 1 aromatic heterocycles. The molecule has 3 rings (SSSR count). The van der Waals surface area contributed by atoms with Gasteiger partial charge >= 0.3 is 5.97 Å². The van der Waals surface area contributed by atoms with Gasteiger partial charge in [0.25, 0.3) is 0 Å². The van der Waals surface area contributed by atoms with Gasteiger partial charge in [0.1, 0.15) is 11.6 Å². The molecule has 3 N–H and O–H groups in total. The SMILES string of the molecule is CC(C)c1nc2c(c(-c3ccc(F)cc3)c1C=CC(O)C[C@@H](O)CC(=O)O)CCN2S(C)(=O)=O. The van der Waals surface area contributed by atoms with Gasteiger partial charge in [0, 0.05) is 24.1 Å². The topological polar surface area (TPSA) is 128 Å². The van der Waals surface area contributed by atoms with Crippen molar-refractivity contribution >= 4 is 27.9 Å². The van der Waals surface area contributed by atoms with E-state index in [9.17, 15) is 27.8 Å². The molecule has 1 aliphatic heterocycles. The number of fused-ring (bicyclic) bond motifs is 1. The summed E-state index contributed by atoms with van der Waals surface area (Å²) in [6.45, 7) is 4.06. The lowest BCUT2D eigenvalue weighted by Gasteiger charge is -2.22. The van der Waals surface area contributed by atoms with Gasteiger partial charge < -0.3 is 15.3 Å². The van der Waals surface area contributed by atoms with Gasteiger partial charge in [-0.05, 0) is 35.6 Å². The van der Waals surface area contributed by atoms with Crippen molar-refractivity contribution in [2.45, 2.75) is 51.2 Å². The predicted octanol–water partition coefficient (Wildman–Crippen LogP) is 2.93. The van der Waals surface area contributed by atoms with E-state index in [4.69, 9.17) is 10.1 Å². The van der Waals surface area contributed by atoms with Crippen molar-refractivity contribution < 1.29 is 32.9 Å². The van der Waals surface area contributed by atoms with Crippen molar-refractivity contribution in [2.75, 3.05) is 17.1 Å². The van der Waals surface area contributed by atoms with Crippen molar-refractivity contribution in [3.05, 3.63) is 53.0 Å². The average Bonchev–Trinajstić information content (AvgIpc) is 3.15. The fraction of sp³-hybridized carbons (Fsp3) is 0.417. The summed E-state index contributed by atoms with van der Waals surface area (Å²) in [5.41, 5.74) is 3.35. The predicted molar refractivity (Wildman–Crippen MR) is 128 cm³/mol. The van der Waals surface area contributed by atoms with Crippen molar-refractivity contribution in [1.29, 1.82) is 0 Å². The standard InChI is InChI=1S/C24H29FN2O6S/c1-14(2)23-19(9-8-17(28)12-18(29)13-21(30)31)22(15-4-6-16(25)7-5-15)20-10-11-27(24(20)26-23)34(3,32)33/h4-9,14,17-18,28-29H,10-13H2,1-3H3,(H,30,31)/t17?,18-/m1/s1. The molecular weight excluding hydrogens is 463 g/mol. The van der Waals surface area contributed by atoms with Crippen LogP contribution in [-0.4, -0.2) is 59.7 Å². The second-order valence-corrected chi connectivity index (χ2v) is 10.7. The number of pyridine rings is 1. The fourth-order valence-corrected chi connectivity index (χ4v) is 5.02. The molecule has 34 heavy (non-hydrogen) atoms. The summed E-state index contributed by atoms with van der Waals surface area (Å²) in [6.07, 6.45) is 1.69. The maximum absolute atomic E-state index is 13.7. The number of sulfonamides is 1. The molecule has 1 unspecified atom stereocenters. The summed E-state index contributed by atoms with van der Waals surface area (Å²) in [5.74, 6) is -1.33. The highest BCUT2D eigenvalue weighted by molar-refractivity contribution is 7.92. The van der Waals surface area contributed by atoms with Crippen molar-refractivity contribution in [3.8, 4) is 11.1 Å². The number of hydrogen-bond acceptors (Lipinski definition) is 6. The van der Waals surface area contributed by atoms with Crippen molar-refractivity contribution in [2.24, 2.45) is 0 Å². The maximum Gasteiger partial charge on any atom is 0.305 e. The number of aromatic nitrogens is 1. The summed E-state index contributed by atoms with van der Waals surface area (Å²) < 4.78 is 39.7. The van der Waals surface area contributed by atoms with Gasteiger partial charge in [-0.2, -0.15) is 0 Å². The summed E-state index contributed by atoms with van der Waals surface area (Å²) in [5, 5.41) is 29.0. The third-order valence-corrected chi connectivity index (χ3v) is 6.79. The van der Waals surface area contributed by atoms with Gasteiger partial charge in [-0.25, -0.2) is 17.8 Å². The second kappa shape index (κ2) is 10.2. The lowest BCUT2D eigenvalue weighted by molar-refractivity contribution is -0.139. The Morgan fingerprint density at radius 3 is 2.44 bits per heavy atom. The van der Waals surface area contributed by atoms with Crippen LogP contribution in [0.1, 0.15) is 49.4 Å². The number of aliphatic hydroxyl groups excluding tert-OH is 2. The van der Waals surface area contributed by atoms with E-state index in [1.54, 1.807) is 18.2 Å². The number of carbonyl (C=O) groups is 1. The Balaban J connectivity index is 2.16. The second-order valence-electron chi connectivity index (χ2n) is 8.75. The molecule has 8 nitrogen and oxygen atoms in total. The van der Waals surface area contributed by atoms with Gasteiger partial charge in [-0.1, -0.05) is 38.1 Å². The van der Waals surface area contributed by atoms with Crippen LogP contribution in [0.25, 0.3) is 17.2 Å². The number of anilines is 1. The molecule has 0 bridgehead atoms. The molecule has 0 amide bonds. The minimum atomic E-state index is -3.55. The lowest BCUT2D eigenvalue weighted by atomic mass is 9.89. The summed E-state index contributed by atoms with van der Waals surface area (Å²) in [6, 6.07) is 5.88. The first-order valence-corrected chi connectivity index (χ1v) is 12.8. The molecule has 0 fully saturated rings. The third kappa shape index (κ3) is 5.81. The lowest BCUT2D eigenvalue weighted by Crippen LogP contribution is -2.28. The van der Waals surface area contributed by atoms with Crippen molar-refractivity contribution in [1.82, 2.24) is 4.98 Å². The first kappa shape index (κ1) is 25.8.